The Labute approximate surface area is 131 Å². The predicted molar refractivity (Wildman–Crippen MR) is 78.9 cm³/mol. The van der Waals surface area contributed by atoms with Gasteiger partial charge in [0.15, 0.2) is 0 Å². The predicted octanol–water partition coefficient (Wildman–Crippen LogP) is 1.36. The molecule has 1 aromatic carbocycles. The molecule has 5 nitrogen and oxygen atoms in total. The summed E-state index contributed by atoms with van der Waals surface area (Å²) in [4.78, 5) is -0.326. The molecular weight excluding hydrogens is 375 g/mol. The normalized spacial score (nSPS) is 20.4. The third kappa shape index (κ3) is 3.69. The molecule has 1 heterocycles. The van der Waals surface area contributed by atoms with E-state index >= 15 is 0 Å². The fourth-order valence-electron chi connectivity index (χ4n) is 1.88. The van der Waals surface area contributed by atoms with E-state index < -0.39 is 15.8 Å². The molecule has 1 aromatic rings. The van der Waals surface area contributed by atoms with E-state index in [9.17, 15) is 12.8 Å². The number of nitrogens with zero attached hydrogens (tertiary/aromatic N) is 1. The number of rotatable bonds is 3. The third-order valence-electron chi connectivity index (χ3n) is 2.88. The molecule has 0 amide bonds. The smallest absolute Gasteiger partial charge is 0.246 e. The van der Waals surface area contributed by atoms with Crippen molar-refractivity contribution >= 4 is 38.4 Å². The van der Waals surface area contributed by atoms with Crippen LogP contribution in [0, 0.1) is 5.82 Å². The van der Waals surface area contributed by atoms with Crippen LogP contribution in [0.15, 0.2) is 27.6 Å². The van der Waals surface area contributed by atoms with Gasteiger partial charge in [-0.15, -0.1) is 12.4 Å². The molecule has 1 unspecified atom stereocenters. The summed E-state index contributed by atoms with van der Waals surface area (Å²) >= 11 is 3.09. The van der Waals surface area contributed by atoms with Crippen molar-refractivity contribution in [2.45, 2.75) is 11.0 Å². The van der Waals surface area contributed by atoms with Gasteiger partial charge in [0.2, 0.25) is 10.0 Å². The maximum absolute atomic E-state index is 13.8. The molecule has 1 aliphatic rings. The molecule has 20 heavy (non-hydrogen) atoms. The van der Waals surface area contributed by atoms with E-state index in [0.717, 1.165) is 6.07 Å². The lowest BCUT2D eigenvalue weighted by Crippen LogP contribution is -2.48. The van der Waals surface area contributed by atoms with E-state index in [-0.39, 0.29) is 49.6 Å². The lowest BCUT2D eigenvalue weighted by atomic mass is 10.3. The Morgan fingerprint density at radius 2 is 2.20 bits per heavy atom. The Hall–Kier alpha value is -0.250. The molecule has 1 atom stereocenters. The van der Waals surface area contributed by atoms with Crippen molar-refractivity contribution in [1.29, 1.82) is 0 Å². The molecule has 0 aliphatic carbocycles. The number of benzene rings is 1. The number of nitrogens with two attached hydrogens (primary N) is 1. The van der Waals surface area contributed by atoms with Crippen LogP contribution in [0.4, 0.5) is 4.39 Å². The molecule has 0 saturated carbocycles. The highest BCUT2D eigenvalue weighted by Crippen LogP contribution is 2.24. The van der Waals surface area contributed by atoms with Gasteiger partial charge in [-0.25, -0.2) is 12.8 Å². The first-order valence-electron chi connectivity index (χ1n) is 5.72. The second-order valence-electron chi connectivity index (χ2n) is 4.17. The van der Waals surface area contributed by atoms with Crippen LogP contribution in [0.3, 0.4) is 0 Å². The number of hydrogen-bond acceptors (Lipinski definition) is 4. The van der Waals surface area contributed by atoms with Gasteiger partial charge >= 0.3 is 0 Å². The van der Waals surface area contributed by atoms with E-state index in [1.165, 1.54) is 16.4 Å². The molecule has 0 bridgehead atoms. The van der Waals surface area contributed by atoms with Gasteiger partial charge in [-0.1, -0.05) is 15.9 Å². The van der Waals surface area contributed by atoms with Gasteiger partial charge < -0.3 is 10.5 Å². The van der Waals surface area contributed by atoms with E-state index in [2.05, 4.69) is 15.9 Å². The van der Waals surface area contributed by atoms with E-state index in [1.807, 2.05) is 0 Å². The first-order chi connectivity index (χ1) is 8.95. The van der Waals surface area contributed by atoms with Gasteiger partial charge in [-0.3, -0.25) is 0 Å². The van der Waals surface area contributed by atoms with Crippen LogP contribution in [0.5, 0.6) is 0 Å². The topological polar surface area (TPSA) is 72.6 Å². The molecular formula is C11H15BrClFN2O3S. The summed E-state index contributed by atoms with van der Waals surface area (Å²) in [6, 6.07) is 3.88. The summed E-state index contributed by atoms with van der Waals surface area (Å²) in [5.41, 5.74) is 5.47. The number of morpholine rings is 1. The first-order valence-corrected chi connectivity index (χ1v) is 7.95. The fraction of sp³-hybridized carbons (Fsp3) is 0.455. The maximum Gasteiger partial charge on any atom is 0.246 e. The Morgan fingerprint density at radius 3 is 2.80 bits per heavy atom. The molecule has 2 rings (SSSR count). The minimum absolute atomic E-state index is 0. The SMILES string of the molecule is Cl.NCC1CN(S(=O)(=O)c2ccc(Br)cc2F)CCO1. The van der Waals surface area contributed by atoms with E-state index in [0.29, 0.717) is 4.47 Å². The van der Waals surface area contributed by atoms with Gasteiger partial charge in [0, 0.05) is 24.1 Å². The third-order valence-corrected chi connectivity index (χ3v) is 5.27. The summed E-state index contributed by atoms with van der Waals surface area (Å²) < 4.78 is 45.5. The van der Waals surface area contributed by atoms with Gasteiger partial charge in [0.25, 0.3) is 0 Å². The molecule has 0 aromatic heterocycles. The van der Waals surface area contributed by atoms with Gasteiger partial charge in [-0.2, -0.15) is 4.31 Å². The zero-order valence-electron chi connectivity index (χ0n) is 10.5. The zero-order valence-corrected chi connectivity index (χ0v) is 13.7. The molecule has 1 aliphatic heterocycles. The lowest BCUT2D eigenvalue weighted by Gasteiger charge is -2.31. The summed E-state index contributed by atoms with van der Waals surface area (Å²) in [7, 11) is -3.85. The number of ether oxygens (including phenoxy) is 1. The van der Waals surface area contributed by atoms with Crippen molar-refractivity contribution in [2.75, 3.05) is 26.2 Å². The second kappa shape index (κ2) is 7.15. The Balaban J connectivity index is 0.00000200. The minimum Gasteiger partial charge on any atom is -0.374 e. The summed E-state index contributed by atoms with van der Waals surface area (Å²) in [6.45, 7) is 0.844. The lowest BCUT2D eigenvalue weighted by molar-refractivity contribution is 0.00445. The highest BCUT2D eigenvalue weighted by atomic mass is 79.9. The van der Waals surface area contributed by atoms with E-state index in [1.54, 1.807) is 0 Å². The quantitative estimate of drug-likeness (QED) is 0.847. The van der Waals surface area contributed by atoms with Crippen LogP contribution in [-0.2, 0) is 14.8 Å². The molecule has 114 valence electrons. The van der Waals surface area contributed by atoms with Crippen molar-refractivity contribution in [1.82, 2.24) is 4.31 Å². The average Bonchev–Trinajstić information content (AvgIpc) is 2.38. The van der Waals surface area contributed by atoms with Crippen molar-refractivity contribution in [3.05, 3.63) is 28.5 Å². The highest BCUT2D eigenvalue weighted by Gasteiger charge is 2.32. The Kier molecular flexibility index (Phi) is 6.36. The monoisotopic (exact) mass is 388 g/mol. The molecule has 0 spiro atoms. The summed E-state index contributed by atoms with van der Waals surface area (Å²) in [5, 5.41) is 0. The van der Waals surface area contributed by atoms with Crippen LogP contribution >= 0.6 is 28.3 Å². The minimum atomic E-state index is -3.85. The molecule has 1 saturated heterocycles. The Bertz CT molecular complexity index is 573. The average molecular weight is 390 g/mol. The highest BCUT2D eigenvalue weighted by molar-refractivity contribution is 9.10. The largest absolute Gasteiger partial charge is 0.374 e. The number of halogens is 3. The first kappa shape index (κ1) is 17.8. The molecule has 1 fully saturated rings. The second-order valence-corrected chi connectivity index (χ2v) is 6.99. The van der Waals surface area contributed by atoms with Crippen LogP contribution in [0.1, 0.15) is 0 Å². The van der Waals surface area contributed by atoms with Gasteiger partial charge in [0.05, 0.1) is 12.7 Å². The van der Waals surface area contributed by atoms with Crippen LogP contribution in [0.25, 0.3) is 0 Å². The number of sulfonamides is 1. The van der Waals surface area contributed by atoms with Crippen LogP contribution in [0.2, 0.25) is 0 Å². The summed E-state index contributed by atoms with van der Waals surface area (Å²) in [6.07, 6.45) is -0.345. The van der Waals surface area contributed by atoms with Gasteiger partial charge in [-0.05, 0) is 18.2 Å². The zero-order chi connectivity index (χ0) is 14.0. The van der Waals surface area contributed by atoms with Crippen molar-refractivity contribution < 1.29 is 17.5 Å². The Morgan fingerprint density at radius 1 is 1.50 bits per heavy atom. The van der Waals surface area contributed by atoms with Crippen molar-refractivity contribution in [2.24, 2.45) is 5.73 Å². The van der Waals surface area contributed by atoms with Crippen molar-refractivity contribution in [3.8, 4) is 0 Å². The summed E-state index contributed by atoms with van der Waals surface area (Å²) in [5.74, 6) is -0.773. The standard InChI is InChI=1S/C11H14BrFN2O3S.ClH/c12-8-1-2-11(10(13)5-8)19(16,17)15-3-4-18-9(6-14)7-15;/h1-2,5,9H,3-4,6-7,14H2;1H. The fourth-order valence-corrected chi connectivity index (χ4v) is 3.71. The van der Waals surface area contributed by atoms with Gasteiger partial charge in [0.1, 0.15) is 10.7 Å². The molecule has 0 radical (unpaired) electrons. The van der Waals surface area contributed by atoms with Crippen molar-refractivity contribution in [3.63, 3.8) is 0 Å². The van der Waals surface area contributed by atoms with E-state index in [4.69, 9.17) is 10.5 Å². The maximum atomic E-state index is 13.8. The molecule has 2 N–H and O–H groups in total. The molecule has 9 heteroatoms. The van der Waals surface area contributed by atoms with Crippen LogP contribution < -0.4 is 5.73 Å². The number of hydrogen-bond donors (Lipinski definition) is 1. The van der Waals surface area contributed by atoms with Crippen LogP contribution in [-0.4, -0.2) is 45.1 Å².